The molecule has 0 saturated heterocycles. The first-order valence-corrected chi connectivity index (χ1v) is 12.5. The molecule has 1 aliphatic carbocycles. The fourth-order valence-electron chi connectivity index (χ4n) is 4.68. The van der Waals surface area contributed by atoms with E-state index in [9.17, 15) is 9.90 Å². The molecule has 8 nitrogen and oxygen atoms in total. The Balaban J connectivity index is 1.68. The molecular weight excluding hydrogens is 442 g/mol. The van der Waals surface area contributed by atoms with Crippen molar-refractivity contribution in [1.82, 2.24) is 19.4 Å². The number of allylic oxidation sites excluding steroid dienone is 1. The summed E-state index contributed by atoms with van der Waals surface area (Å²) in [5.74, 6) is 1.58. The smallest absolute Gasteiger partial charge is 0.410 e. The second kappa shape index (κ2) is 10.2. The number of pyridine rings is 1. The van der Waals surface area contributed by atoms with Crippen molar-refractivity contribution in [1.29, 1.82) is 0 Å². The molecule has 1 amide bonds. The van der Waals surface area contributed by atoms with E-state index >= 15 is 0 Å². The predicted octanol–water partition coefficient (Wildman–Crippen LogP) is 5.03. The van der Waals surface area contributed by atoms with E-state index in [0.717, 1.165) is 35.7 Å². The molecule has 3 aromatic rings. The number of nitrogens with zero attached hydrogens (tertiary/aromatic N) is 4. The second-order valence-electron chi connectivity index (χ2n) is 10.3. The lowest BCUT2D eigenvalue weighted by molar-refractivity contribution is 0.0592. The Labute approximate surface area is 206 Å². The normalized spacial score (nSPS) is 19.9. The highest BCUT2D eigenvalue weighted by Crippen LogP contribution is 2.30. The molecule has 1 aliphatic rings. The summed E-state index contributed by atoms with van der Waals surface area (Å²) in [6.07, 6.45) is 7.58. The van der Waals surface area contributed by atoms with Crippen LogP contribution in [-0.4, -0.2) is 48.9 Å². The van der Waals surface area contributed by atoms with Gasteiger partial charge in [0, 0.05) is 11.9 Å². The third kappa shape index (κ3) is 5.75. The van der Waals surface area contributed by atoms with Crippen LogP contribution in [0, 0.1) is 5.92 Å². The summed E-state index contributed by atoms with van der Waals surface area (Å²) in [4.78, 5) is 24.1. The first kappa shape index (κ1) is 25.0. The Bertz CT molecular complexity index is 1230. The maximum Gasteiger partial charge on any atom is 0.410 e. The summed E-state index contributed by atoms with van der Waals surface area (Å²) in [6, 6.07) is 7.74. The van der Waals surface area contributed by atoms with Gasteiger partial charge in [-0.15, -0.1) is 0 Å². The van der Waals surface area contributed by atoms with Crippen LogP contribution in [0.4, 0.5) is 10.6 Å². The van der Waals surface area contributed by atoms with E-state index in [0.29, 0.717) is 36.2 Å². The molecule has 2 heterocycles. The van der Waals surface area contributed by atoms with Gasteiger partial charge in [-0.2, -0.15) is 0 Å². The van der Waals surface area contributed by atoms with Crippen molar-refractivity contribution >= 4 is 33.8 Å². The molecule has 2 aromatic heterocycles. The molecule has 188 valence electrons. The number of amides is 1. The lowest BCUT2D eigenvalue weighted by atomic mass is 9.95. The lowest BCUT2D eigenvalue weighted by Crippen LogP contribution is -2.35. The molecule has 35 heavy (non-hydrogen) atoms. The highest BCUT2D eigenvalue weighted by molar-refractivity contribution is 6.06. The molecule has 0 spiro atoms. The van der Waals surface area contributed by atoms with E-state index in [1.165, 1.54) is 6.42 Å². The number of fused-ring (bicyclic) bond motifs is 3. The van der Waals surface area contributed by atoms with Gasteiger partial charge in [0.2, 0.25) is 0 Å². The van der Waals surface area contributed by atoms with Gasteiger partial charge in [-0.1, -0.05) is 31.2 Å². The second-order valence-corrected chi connectivity index (χ2v) is 10.3. The van der Waals surface area contributed by atoms with Crippen LogP contribution < -0.4 is 5.73 Å². The molecule has 2 atom stereocenters. The van der Waals surface area contributed by atoms with Gasteiger partial charge in [-0.05, 0) is 64.5 Å². The van der Waals surface area contributed by atoms with E-state index in [4.69, 9.17) is 15.5 Å². The van der Waals surface area contributed by atoms with Crippen LogP contribution in [0.1, 0.15) is 59.2 Å². The largest absolute Gasteiger partial charge is 0.442 e. The maximum atomic E-state index is 13.2. The van der Waals surface area contributed by atoms with Crippen molar-refractivity contribution in [2.24, 2.45) is 5.92 Å². The number of para-hydroxylation sites is 1. The summed E-state index contributed by atoms with van der Waals surface area (Å²) in [5, 5.41) is 11.6. The molecule has 1 unspecified atom stereocenters. The van der Waals surface area contributed by atoms with Crippen LogP contribution in [0.15, 0.2) is 36.4 Å². The number of hydrogen-bond acceptors (Lipinski definition) is 6. The monoisotopic (exact) mass is 479 g/mol. The minimum absolute atomic E-state index is 0.224. The van der Waals surface area contributed by atoms with Crippen LogP contribution >= 0.6 is 0 Å². The summed E-state index contributed by atoms with van der Waals surface area (Å²) in [6.45, 7) is 8.67. The number of nitrogen functional groups attached to an aromatic ring is 1. The van der Waals surface area contributed by atoms with Gasteiger partial charge < -0.3 is 25.0 Å². The number of benzene rings is 1. The van der Waals surface area contributed by atoms with Gasteiger partial charge >= 0.3 is 6.09 Å². The summed E-state index contributed by atoms with van der Waals surface area (Å²) < 4.78 is 7.85. The summed E-state index contributed by atoms with van der Waals surface area (Å²) in [7, 11) is 0. The number of nitrogens with two attached hydrogens (primary N) is 1. The van der Waals surface area contributed by atoms with E-state index < -0.39 is 5.60 Å². The van der Waals surface area contributed by atoms with Crippen molar-refractivity contribution < 1.29 is 14.6 Å². The number of aromatic nitrogens is 3. The van der Waals surface area contributed by atoms with E-state index in [-0.39, 0.29) is 18.7 Å². The van der Waals surface area contributed by atoms with Crippen molar-refractivity contribution in [3.8, 4) is 0 Å². The van der Waals surface area contributed by atoms with Crippen LogP contribution in [0.5, 0.6) is 0 Å². The van der Waals surface area contributed by atoms with Gasteiger partial charge in [0.05, 0.1) is 29.7 Å². The fourth-order valence-corrected chi connectivity index (χ4v) is 4.68. The zero-order chi connectivity index (χ0) is 25.2. The van der Waals surface area contributed by atoms with Gasteiger partial charge in [0.25, 0.3) is 0 Å². The molecule has 0 radical (unpaired) electrons. The van der Waals surface area contributed by atoms with Crippen LogP contribution in [0.3, 0.4) is 0 Å². The minimum atomic E-state index is -1.00. The number of imidazole rings is 1. The van der Waals surface area contributed by atoms with E-state index in [2.05, 4.69) is 18.0 Å². The van der Waals surface area contributed by atoms with Crippen molar-refractivity contribution in [3.63, 3.8) is 0 Å². The summed E-state index contributed by atoms with van der Waals surface area (Å²) in [5.41, 5.74) is 7.44. The minimum Gasteiger partial charge on any atom is -0.442 e. The third-order valence-electron chi connectivity index (χ3n) is 6.58. The Morgan fingerprint density at radius 2 is 2.03 bits per heavy atom. The first-order valence-electron chi connectivity index (χ1n) is 12.5. The van der Waals surface area contributed by atoms with Crippen molar-refractivity contribution in [2.45, 2.75) is 78.2 Å². The highest BCUT2D eigenvalue weighted by Gasteiger charge is 2.26. The quantitative estimate of drug-likeness (QED) is 0.480. The Kier molecular flexibility index (Phi) is 7.31. The maximum absolute atomic E-state index is 13.2. The van der Waals surface area contributed by atoms with Crippen LogP contribution in [0.25, 0.3) is 21.9 Å². The fraction of sp³-hybridized carbons (Fsp3) is 0.519. The first-order chi connectivity index (χ1) is 16.7. The number of ether oxygens (including phenoxy) is 1. The van der Waals surface area contributed by atoms with Gasteiger partial charge in [-0.25, -0.2) is 14.8 Å². The van der Waals surface area contributed by atoms with Crippen molar-refractivity contribution in [3.05, 3.63) is 42.2 Å². The van der Waals surface area contributed by atoms with Crippen LogP contribution in [-0.2, 0) is 17.8 Å². The van der Waals surface area contributed by atoms with Crippen molar-refractivity contribution in [2.75, 3.05) is 12.3 Å². The number of carbonyl (C=O) groups excluding carboxylic acids is 1. The Hall–Kier alpha value is -3.13. The molecule has 0 aliphatic heterocycles. The van der Waals surface area contributed by atoms with Gasteiger partial charge in [0.1, 0.15) is 17.4 Å². The third-order valence-corrected chi connectivity index (χ3v) is 6.58. The van der Waals surface area contributed by atoms with Gasteiger partial charge in [-0.3, -0.25) is 0 Å². The molecule has 4 rings (SSSR count). The standard InChI is InChI=1S/C27H37N5O3/c1-5-31(26(33)35-19-11-7-6-10-18(2)14-15-19)16-22-30-23-24(32(22)17-27(3,4)34)20-12-8-9-13-21(20)29-25(23)28/h7-9,11-13,18-19,34H,5-6,10,14-17H2,1-4H3,(H2,28,29)/b11-7+/t18?,19-/m0/s1. The number of aliphatic hydroxyl groups is 1. The predicted molar refractivity (Wildman–Crippen MR) is 139 cm³/mol. The lowest BCUT2D eigenvalue weighted by Gasteiger charge is -2.26. The molecule has 1 aromatic carbocycles. The Morgan fingerprint density at radius 3 is 2.77 bits per heavy atom. The SMILES string of the molecule is CCN(Cc1nc2c(N)nc3ccccc3c2n1CC(C)(C)O)C(=O)O[C@H]1/C=C/CCC(C)CC1. The number of hydrogen-bond donors (Lipinski definition) is 2. The zero-order valence-electron chi connectivity index (χ0n) is 21.2. The topological polar surface area (TPSA) is 107 Å². The van der Waals surface area contributed by atoms with Gasteiger partial charge in [0.15, 0.2) is 5.82 Å². The molecule has 0 fully saturated rings. The molecule has 8 heteroatoms. The van der Waals surface area contributed by atoms with E-state index in [1.54, 1.807) is 18.7 Å². The average Bonchev–Trinajstić information content (AvgIpc) is 3.14. The number of carbonyl (C=O) groups is 1. The van der Waals surface area contributed by atoms with E-state index in [1.807, 2.05) is 41.8 Å². The molecule has 0 saturated carbocycles. The van der Waals surface area contributed by atoms with Crippen LogP contribution in [0.2, 0.25) is 0 Å². The average molecular weight is 480 g/mol. The summed E-state index contributed by atoms with van der Waals surface area (Å²) >= 11 is 0. The number of anilines is 1. The molecular formula is C27H37N5O3. The molecule has 0 bridgehead atoms. The molecule has 3 N–H and O–H groups in total. The number of rotatable bonds is 6. The highest BCUT2D eigenvalue weighted by atomic mass is 16.6. The zero-order valence-corrected chi connectivity index (χ0v) is 21.2. The Morgan fingerprint density at radius 1 is 1.26 bits per heavy atom.